The summed E-state index contributed by atoms with van der Waals surface area (Å²) in [5.41, 5.74) is 0. The minimum absolute atomic E-state index is 0.264. The molecule has 11 nitrogen and oxygen atoms in total. The molecule has 1 saturated heterocycles. The molecule has 1 heterocycles. The van der Waals surface area contributed by atoms with Crippen LogP contribution < -0.4 is 5.32 Å². The lowest BCUT2D eigenvalue weighted by Crippen LogP contribution is -2.60. The maximum atomic E-state index is 13.0. The van der Waals surface area contributed by atoms with E-state index in [0.717, 1.165) is 44.4 Å². The quantitative estimate of drug-likeness (QED) is 0.0405. The predicted octanol–water partition coefficient (Wildman–Crippen LogP) is 5.41. The molecular formula is C40H79NO10. The highest BCUT2D eigenvalue weighted by Gasteiger charge is 2.44. The molecule has 0 radical (unpaired) electrons. The van der Waals surface area contributed by atoms with E-state index >= 15 is 0 Å². The van der Waals surface area contributed by atoms with Gasteiger partial charge in [0.1, 0.15) is 36.6 Å². The van der Waals surface area contributed by atoms with Crippen molar-refractivity contribution in [3.05, 3.63) is 0 Å². The zero-order valence-electron chi connectivity index (χ0n) is 32.5. The molecule has 0 aromatic rings. The van der Waals surface area contributed by atoms with Crippen molar-refractivity contribution < 1.29 is 50.0 Å². The highest BCUT2D eigenvalue weighted by atomic mass is 16.7. The number of rotatable bonds is 33. The topological polar surface area (TPSA) is 189 Å². The summed E-state index contributed by atoms with van der Waals surface area (Å²) in [6.45, 7) is 5.70. The summed E-state index contributed by atoms with van der Waals surface area (Å²) in [4.78, 5) is 13.0. The summed E-state index contributed by atoms with van der Waals surface area (Å²) in [6, 6.07) is -1.16. The van der Waals surface area contributed by atoms with Gasteiger partial charge in [-0.1, -0.05) is 162 Å². The standard InChI is InChI=1S/C40H79NO10/c1-4-5-6-7-8-9-10-11-14-18-21-24-27-33(44)39(49)41-31(29-50-40-38(48)37(47)36(46)34(28-42)51-40)35(45)32(43)26-23-20-17-15-12-13-16-19-22-25-30(2)3/h30-38,40,42-48H,4-29H2,1-3H3,(H,41,49). The van der Waals surface area contributed by atoms with Gasteiger partial charge in [0.2, 0.25) is 5.91 Å². The Kier molecular flexibility index (Phi) is 28.7. The van der Waals surface area contributed by atoms with E-state index in [-0.39, 0.29) is 6.42 Å². The number of carbonyl (C=O) groups is 1. The number of amides is 1. The van der Waals surface area contributed by atoms with Gasteiger partial charge >= 0.3 is 0 Å². The van der Waals surface area contributed by atoms with Gasteiger partial charge in [-0.2, -0.15) is 0 Å². The van der Waals surface area contributed by atoms with Gasteiger partial charge in [-0.25, -0.2) is 0 Å². The monoisotopic (exact) mass is 734 g/mol. The Bertz CT molecular complexity index is 818. The Morgan fingerprint density at radius 2 is 1.10 bits per heavy atom. The molecule has 304 valence electrons. The molecule has 9 unspecified atom stereocenters. The molecule has 0 aromatic carbocycles. The third-order valence-electron chi connectivity index (χ3n) is 10.3. The van der Waals surface area contributed by atoms with Crippen LogP contribution >= 0.6 is 0 Å². The van der Waals surface area contributed by atoms with E-state index in [0.29, 0.717) is 19.3 Å². The molecule has 8 N–H and O–H groups in total. The first-order valence-electron chi connectivity index (χ1n) is 20.8. The van der Waals surface area contributed by atoms with Crippen LogP contribution in [-0.2, 0) is 14.3 Å². The van der Waals surface area contributed by atoms with E-state index in [1.165, 1.54) is 89.9 Å². The molecule has 0 aromatic heterocycles. The molecule has 1 fully saturated rings. The van der Waals surface area contributed by atoms with E-state index in [2.05, 4.69) is 26.1 Å². The number of aliphatic hydroxyl groups excluding tert-OH is 7. The normalized spacial score (nSPS) is 23.3. The second kappa shape index (κ2) is 30.4. The maximum absolute atomic E-state index is 13.0. The third-order valence-corrected chi connectivity index (χ3v) is 10.3. The van der Waals surface area contributed by atoms with E-state index in [1.54, 1.807) is 0 Å². The second-order valence-electron chi connectivity index (χ2n) is 15.6. The van der Waals surface area contributed by atoms with Gasteiger partial charge in [0.25, 0.3) is 0 Å². The van der Waals surface area contributed by atoms with Gasteiger partial charge in [-0.05, 0) is 18.8 Å². The predicted molar refractivity (Wildman–Crippen MR) is 201 cm³/mol. The lowest BCUT2D eigenvalue weighted by Gasteiger charge is -2.40. The summed E-state index contributed by atoms with van der Waals surface area (Å²) < 4.78 is 11.0. The fourth-order valence-corrected chi connectivity index (χ4v) is 6.80. The second-order valence-corrected chi connectivity index (χ2v) is 15.6. The maximum Gasteiger partial charge on any atom is 0.249 e. The van der Waals surface area contributed by atoms with Gasteiger partial charge in [0.15, 0.2) is 6.29 Å². The van der Waals surface area contributed by atoms with Crippen molar-refractivity contribution in [3.8, 4) is 0 Å². The van der Waals surface area contributed by atoms with Crippen molar-refractivity contribution in [2.75, 3.05) is 13.2 Å². The number of carbonyl (C=O) groups excluding carboxylic acids is 1. The first-order chi connectivity index (χ1) is 24.5. The van der Waals surface area contributed by atoms with Crippen LogP contribution in [0.3, 0.4) is 0 Å². The molecule has 0 spiro atoms. The summed E-state index contributed by atoms with van der Waals surface area (Å²) in [7, 11) is 0. The van der Waals surface area contributed by atoms with E-state index in [9.17, 15) is 40.5 Å². The number of hydrogen-bond acceptors (Lipinski definition) is 10. The van der Waals surface area contributed by atoms with Crippen LogP contribution in [0.4, 0.5) is 0 Å². The van der Waals surface area contributed by atoms with Crippen LogP contribution in [0.15, 0.2) is 0 Å². The van der Waals surface area contributed by atoms with E-state index in [1.807, 2.05) is 0 Å². The van der Waals surface area contributed by atoms with Crippen LogP contribution in [0.2, 0.25) is 0 Å². The molecular weight excluding hydrogens is 654 g/mol. The smallest absolute Gasteiger partial charge is 0.249 e. The fraction of sp³-hybridized carbons (Fsp3) is 0.975. The summed E-state index contributed by atoms with van der Waals surface area (Å²) in [5, 5.41) is 75.3. The minimum Gasteiger partial charge on any atom is -0.394 e. The Hall–Kier alpha value is -0.890. The molecule has 1 rings (SSSR count). The Morgan fingerprint density at radius 1 is 0.647 bits per heavy atom. The fourth-order valence-electron chi connectivity index (χ4n) is 6.80. The largest absolute Gasteiger partial charge is 0.394 e. The van der Waals surface area contributed by atoms with Crippen molar-refractivity contribution in [1.29, 1.82) is 0 Å². The first kappa shape index (κ1) is 48.1. The Labute approximate surface area is 309 Å². The average Bonchev–Trinajstić information content (AvgIpc) is 3.11. The lowest BCUT2D eigenvalue weighted by molar-refractivity contribution is -0.303. The molecule has 11 heteroatoms. The van der Waals surface area contributed by atoms with Gasteiger partial charge < -0.3 is 50.5 Å². The molecule has 1 aliphatic rings. The lowest BCUT2D eigenvalue weighted by atomic mass is 9.98. The Morgan fingerprint density at radius 3 is 1.57 bits per heavy atom. The number of aliphatic hydroxyl groups is 7. The van der Waals surface area contributed by atoms with Crippen molar-refractivity contribution >= 4 is 5.91 Å². The molecule has 0 aliphatic carbocycles. The molecule has 0 saturated carbocycles. The zero-order valence-corrected chi connectivity index (χ0v) is 32.5. The number of hydrogen-bond donors (Lipinski definition) is 8. The van der Waals surface area contributed by atoms with Gasteiger partial charge in [0.05, 0.1) is 25.4 Å². The minimum atomic E-state index is -1.65. The van der Waals surface area contributed by atoms with Crippen molar-refractivity contribution in [3.63, 3.8) is 0 Å². The zero-order chi connectivity index (χ0) is 37.9. The van der Waals surface area contributed by atoms with Crippen LogP contribution in [0, 0.1) is 5.92 Å². The summed E-state index contributed by atoms with van der Waals surface area (Å²) in [5.74, 6) is 0.0665. The van der Waals surface area contributed by atoms with Crippen LogP contribution in [0.25, 0.3) is 0 Å². The van der Waals surface area contributed by atoms with E-state index in [4.69, 9.17) is 9.47 Å². The van der Waals surface area contributed by atoms with Crippen LogP contribution in [0.1, 0.15) is 175 Å². The third kappa shape index (κ3) is 22.2. The Balaban J connectivity index is 2.53. The van der Waals surface area contributed by atoms with Crippen LogP contribution in [-0.4, -0.2) is 110 Å². The molecule has 0 bridgehead atoms. The molecule has 9 atom stereocenters. The SMILES string of the molecule is CCCCCCCCCCCCCCC(O)C(=O)NC(COC1OC(CO)C(O)C(O)C1O)C(O)C(O)CCCCCCCCCCCC(C)C. The number of unbranched alkanes of at least 4 members (excludes halogenated alkanes) is 19. The molecule has 1 aliphatic heterocycles. The highest BCUT2D eigenvalue weighted by molar-refractivity contribution is 5.80. The number of nitrogens with one attached hydrogen (secondary N) is 1. The van der Waals surface area contributed by atoms with Crippen molar-refractivity contribution in [2.45, 2.75) is 230 Å². The van der Waals surface area contributed by atoms with Gasteiger partial charge in [-0.15, -0.1) is 0 Å². The highest BCUT2D eigenvalue weighted by Crippen LogP contribution is 2.23. The van der Waals surface area contributed by atoms with E-state index < -0.39 is 74.2 Å². The van der Waals surface area contributed by atoms with Crippen molar-refractivity contribution in [2.24, 2.45) is 5.92 Å². The van der Waals surface area contributed by atoms with Gasteiger partial charge in [-0.3, -0.25) is 4.79 Å². The average molecular weight is 734 g/mol. The molecule has 51 heavy (non-hydrogen) atoms. The first-order valence-corrected chi connectivity index (χ1v) is 20.8. The van der Waals surface area contributed by atoms with Crippen LogP contribution in [0.5, 0.6) is 0 Å². The van der Waals surface area contributed by atoms with Crippen molar-refractivity contribution in [1.82, 2.24) is 5.32 Å². The molecule has 1 amide bonds. The van der Waals surface area contributed by atoms with Gasteiger partial charge in [0, 0.05) is 0 Å². The summed E-state index contributed by atoms with van der Waals surface area (Å²) >= 11 is 0. The number of ether oxygens (including phenoxy) is 2. The summed E-state index contributed by atoms with van der Waals surface area (Å²) in [6.07, 6.45) is 14.5.